The van der Waals surface area contributed by atoms with E-state index in [4.69, 9.17) is 10.8 Å². The molecule has 11 nitrogen and oxygen atoms in total. The zero-order valence-electron chi connectivity index (χ0n) is 12.9. The fraction of sp³-hybridized carbons (Fsp3) is 0.0769. The second-order valence-electron chi connectivity index (χ2n) is 5.00. The number of fused-ring (bicyclic) bond motifs is 1. The SMILES string of the molecule is Nc1nc(SCS(=O)(=O)Nc2ccc(O)c(C(=O)O)c2)c2[nH]cnc2n1. The average molecular weight is 396 g/mol. The van der Waals surface area contributed by atoms with Crippen molar-refractivity contribution < 1.29 is 23.4 Å². The number of carboxylic acids is 1. The summed E-state index contributed by atoms with van der Waals surface area (Å²) in [6.45, 7) is 0. The summed E-state index contributed by atoms with van der Waals surface area (Å²) in [7, 11) is -3.85. The zero-order chi connectivity index (χ0) is 18.9. The van der Waals surface area contributed by atoms with Gasteiger partial charge < -0.3 is 20.9 Å². The first-order valence-electron chi connectivity index (χ1n) is 6.91. The molecule has 0 unspecified atom stereocenters. The molecule has 0 aliphatic rings. The van der Waals surface area contributed by atoms with Crippen LogP contribution in [0.25, 0.3) is 11.2 Å². The number of aromatic hydroxyl groups is 1. The monoisotopic (exact) mass is 396 g/mol. The minimum absolute atomic E-state index is 0.00897. The quantitative estimate of drug-likeness (QED) is 0.227. The number of hydrogen-bond acceptors (Lipinski definition) is 9. The standard InChI is InChI=1S/C13H12N6O5S2/c14-13-17-10-9(15-4-16-10)11(18-13)25-5-26(23,24)19-6-1-2-8(20)7(3-6)12(21)22/h1-4,19-20H,5H2,(H,21,22)(H3,14,15,16,17,18). The van der Waals surface area contributed by atoms with E-state index >= 15 is 0 Å². The highest BCUT2D eigenvalue weighted by Crippen LogP contribution is 2.26. The lowest BCUT2D eigenvalue weighted by Crippen LogP contribution is -2.15. The molecule has 6 N–H and O–H groups in total. The highest BCUT2D eigenvalue weighted by molar-refractivity contribution is 8.12. The van der Waals surface area contributed by atoms with Gasteiger partial charge in [-0.25, -0.2) is 23.2 Å². The summed E-state index contributed by atoms with van der Waals surface area (Å²) in [6, 6.07) is 3.36. The van der Waals surface area contributed by atoms with Crippen LogP contribution in [0.2, 0.25) is 0 Å². The number of anilines is 2. The van der Waals surface area contributed by atoms with Crippen LogP contribution in [0, 0.1) is 0 Å². The number of nitrogen functional groups attached to an aromatic ring is 1. The Bertz CT molecular complexity index is 1100. The molecular formula is C13H12N6O5S2. The lowest BCUT2D eigenvalue weighted by molar-refractivity contribution is 0.0693. The number of aromatic carboxylic acids is 1. The highest BCUT2D eigenvalue weighted by Gasteiger charge is 2.17. The summed E-state index contributed by atoms with van der Waals surface area (Å²) in [4.78, 5) is 25.7. The first-order valence-corrected chi connectivity index (χ1v) is 9.55. The molecule has 0 radical (unpaired) electrons. The molecule has 3 aromatic rings. The van der Waals surface area contributed by atoms with Crippen molar-refractivity contribution in [3.8, 4) is 5.75 Å². The summed E-state index contributed by atoms with van der Waals surface area (Å²) < 4.78 is 26.8. The Morgan fingerprint density at radius 3 is 2.85 bits per heavy atom. The van der Waals surface area contributed by atoms with E-state index in [1.54, 1.807) is 0 Å². The molecule has 26 heavy (non-hydrogen) atoms. The minimum Gasteiger partial charge on any atom is -0.507 e. The van der Waals surface area contributed by atoms with Crippen molar-refractivity contribution >= 4 is 50.6 Å². The van der Waals surface area contributed by atoms with Crippen LogP contribution in [0.4, 0.5) is 11.6 Å². The summed E-state index contributed by atoms with van der Waals surface area (Å²) in [5.41, 5.74) is 5.94. The molecule has 2 heterocycles. The van der Waals surface area contributed by atoms with Crippen LogP contribution in [-0.2, 0) is 10.0 Å². The molecule has 0 aliphatic heterocycles. The number of hydrogen-bond donors (Lipinski definition) is 5. The Morgan fingerprint density at radius 2 is 2.12 bits per heavy atom. The van der Waals surface area contributed by atoms with Gasteiger partial charge in [0, 0.05) is 5.69 Å². The van der Waals surface area contributed by atoms with Crippen LogP contribution in [0.3, 0.4) is 0 Å². The van der Waals surface area contributed by atoms with Crippen molar-refractivity contribution in [2.24, 2.45) is 0 Å². The predicted molar refractivity (Wildman–Crippen MR) is 94.4 cm³/mol. The van der Waals surface area contributed by atoms with E-state index in [1.807, 2.05) is 0 Å². The molecule has 0 spiro atoms. The first kappa shape index (κ1) is 17.8. The maximum atomic E-state index is 12.3. The van der Waals surface area contributed by atoms with Gasteiger partial charge in [-0.1, -0.05) is 11.8 Å². The Labute approximate surface area is 150 Å². The van der Waals surface area contributed by atoms with Gasteiger partial charge in [-0.3, -0.25) is 4.72 Å². The van der Waals surface area contributed by atoms with Crippen LogP contribution < -0.4 is 10.5 Å². The van der Waals surface area contributed by atoms with Gasteiger partial charge in [0.15, 0.2) is 5.65 Å². The fourth-order valence-electron chi connectivity index (χ4n) is 2.04. The van der Waals surface area contributed by atoms with Crippen LogP contribution in [0.5, 0.6) is 5.75 Å². The summed E-state index contributed by atoms with van der Waals surface area (Å²) in [5.74, 6) is -1.88. The minimum atomic E-state index is -3.85. The molecule has 13 heteroatoms. The average Bonchev–Trinajstić information content (AvgIpc) is 3.02. The molecule has 0 atom stereocenters. The van der Waals surface area contributed by atoms with E-state index < -0.39 is 32.4 Å². The Morgan fingerprint density at radius 1 is 1.35 bits per heavy atom. The number of sulfonamides is 1. The van der Waals surface area contributed by atoms with Gasteiger partial charge in [-0.05, 0) is 18.2 Å². The number of phenols is 1. The van der Waals surface area contributed by atoms with Crippen molar-refractivity contribution in [1.82, 2.24) is 19.9 Å². The van der Waals surface area contributed by atoms with E-state index in [2.05, 4.69) is 24.7 Å². The van der Waals surface area contributed by atoms with Crippen molar-refractivity contribution in [2.45, 2.75) is 5.03 Å². The van der Waals surface area contributed by atoms with E-state index in [0.29, 0.717) is 16.2 Å². The lowest BCUT2D eigenvalue weighted by Gasteiger charge is -2.09. The normalized spacial score (nSPS) is 11.5. The van der Waals surface area contributed by atoms with Crippen LogP contribution in [-0.4, -0.2) is 49.6 Å². The number of carboxylic acid groups (broad SMARTS) is 1. The molecule has 3 rings (SSSR count). The summed E-state index contributed by atoms with van der Waals surface area (Å²) >= 11 is 0.890. The molecule has 2 aromatic heterocycles. The van der Waals surface area contributed by atoms with Gasteiger partial charge in [0.2, 0.25) is 16.0 Å². The number of nitrogens with one attached hydrogen (secondary N) is 2. The summed E-state index contributed by atoms with van der Waals surface area (Å²) in [6.07, 6.45) is 1.39. The smallest absolute Gasteiger partial charge is 0.339 e. The van der Waals surface area contributed by atoms with Gasteiger partial charge in [0.05, 0.1) is 6.33 Å². The highest BCUT2D eigenvalue weighted by atomic mass is 32.3. The van der Waals surface area contributed by atoms with Crippen molar-refractivity contribution in [1.29, 1.82) is 0 Å². The topological polar surface area (TPSA) is 184 Å². The second kappa shape index (κ2) is 6.68. The molecule has 1 aromatic carbocycles. The van der Waals surface area contributed by atoms with Gasteiger partial charge in [0.1, 0.15) is 26.9 Å². The van der Waals surface area contributed by atoms with E-state index in [9.17, 15) is 18.3 Å². The fourth-order valence-corrected chi connectivity index (χ4v) is 4.28. The van der Waals surface area contributed by atoms with Crippen LogP contribution >= 0.6 is 11.8 Å². The molecule has 0 saturated carbocycles. The lowest BCUT2D eigenvalue weighted by atomic mass is 10.2. The van der Waals surface area contributed by atoms with E-state index in [0.717, 1.165) is 23.9 Å². The molecule has 0 amide bonds. The number of H-pyrrole nitrogens is 1. The Balaban J connectivity index is 1.78. The predicted octanol–water partition coefficient (Wildman–Crippen LogP) is 0.830. The number of aromatic nitrogens is 4. The number of aromatic amines is 1. The van der Waals surface area contributed by atoms with Gasteiger partial charge in [0.25, 0.3) is 0 Å². The van der Waals surface area contributed by atoms with Crippen molar-refractivity contribution in [2.75, 3.05) is 15.5 Å². The number of nitrogens with zero attached hydrogens (tertiary/aromatic N) is 3. The van der Waals surface area contributed by atoms with Crippen LogP contribution in [0.1, 0.15) is 10.4 Å². The Kier molecular flexibility index (Phi) is 4.56. The summed E-state index contributed by atoms with van der Waals surface area (Å²) in [5, 5.41) is 18.3. The maximum absolute atomic E-state index is 12.3. The van der Waals surface area contributed by atoms with Crippen LogP contribution in [0.15, 0.2) is 29.6 Å². The van der Waals surface area contributed by atoms with Gasteiger partial charge >= 0.3 is 5.97 Å². The second-order valence-corrected chi connectivity index (χ2v) is 8.06. The van der Waals surface area contributed by atoms with Gasteiger partial charge in [-0.15, -0.1) is 0 Å². The maximum Gasteiger partial charge on any atom is 0.339 e. The third-order valence-electron chi connectivity index (χ3n) is 3.12. The van der Waals surface area contributed by atoms with E-state index in [1.165, 1.54) is 12.4 Å². The van der Waals surface area contributed by atoms with E-state index in [-0.39, 0.29) is 11.6 Å². The molecule has 0 aliphatic carbocycles. The third kappa shape index (κ3) is 3.78. The largest absolute Gasteiger partial charge is 0.507 e. The van der Waals surface area contributed by atoms with Crippen molar-refractivity contribution in [3.05, 3.63) is 30.1 Å². The number of thioether (sulfide) groups is 1. The molecule has 136 valence electrons. The van der Waals surface area contributed by atoms with Crippen molar-refractivity contribution in [3.63, 3.8) is 0 Å². The third-order valence-corrected chi connectivity index (χ3v) is 5.95. The number of nitrogens with two attached hydrogens (primary N) is 1. The molecular weight excluding hydrogens is 384 g/mol. The number of rotatable bonds is 6. The van der Waals surface area contributed by atoms with Gasteiger partial charge in [-0.2, -0.15) is 4.98 Å². The Hall–Kier alpha value is -3.06. The number of benzene rings is 1. The zero-order valence-corrected chi connectivity index (χ0v) is 14.5. The molecule has 0 bridgehead atoms. The molecule has 0 saturated heterocycles. The molecule has 0 fully saturated rings. The number of imidazole rings is 1. The number of carbonyl (C=O) groups is 1. The first-order chi connectivity index (χ1) is 12.2.